The lowest BCUT2D eigenvalue weighted by molar-refractivity contribution is -0.136. The number of benzene rings is 2. The van der Waals surface area contributed by atoms with E-state index in [-0.39, 0.29) is 23.0 Å². The Kier molecular flexibility index (Phi) is 5.03. The molecule has 0 saturated carbocycles. The molecule has 0 atom stereocenters. The second-order valence-corrected chi connectivity index (χ2v) is 6.59. The number of nitrogens with zero attached hydrogens (tertiary/aromatic N) is 1. The molecule has 0 saturated heterocycles. The van der Waals surface area contributed by atoms with E-state index in [9.17, 15) is 18.0 Å². The Labute approximate surface area is 146 Å². The Morgan fingerprint density at radius 3 is 2.56 bits per heavy atom. The molecule has 7 heteroatoms. The number of para-hydroxylation sites is 1. The summed E-state index contributed by atoms with van der Waals surface area (Å²) in [5.74, 6) is -0.247. The van der Waals surface area contributed by atoms with Gasteiger partial charge in [-0.3, -0.25) is 4.79 Å². The molecule has 3 nitrogen and oxygen atoms in total. The molecule has 0 aliphatic carbocycles. The van der Waals surface area contributed by atoms with Gasteiger partial charge in [0.25, 0.3) is 0 Å². The van der Waals surface area contributed by atoms with E-state index in [1.807, 2.05) is 30.3 Å². The van der Waals surface area contributed by atoms with Crippen molar-refractivity contribution in [3.8, 4) is 0 Å². The van der Waals surface area contributed by atoms with Gasteiger partial charge in [0, 0.05) is 6.42 Å². The number of hydrogen-bond acceptors (Lipinski definition) is 3. The van der Waals surface area contributed by atoms with Gasteiger partial charge in [-0.1, -0.05) is 47.7 Å². The first-order chi connectivity index (χ1) is 11.9. The van der Waals surface area contributed by atoms with Crippen LogP contribution in [-0.2, 0) is 17.4 Å². The number of hydrogen-bond donors (Lipinski definition) is 1. The van der Waals surface area contributed by atoms with E-state index in [2.05, 4.69) is 10.3 Å². The van der Waals surface area contributed by atoms with Gasteiger partial charge in [0.2, 0.25) is 5.91 Å². The maximum atomic E-state index is 13.0. The summed E-state index contributed by atoms with van der Waals surface area (Å²) < 4.78 is 39.4. The molecule has 130 valence electrons. The summed E-state index contributed by atoms with van der Waals surface area (Å²) in [7, 11) is 0. The zero-order valence-corrected chi connectivity index (χ0v) is 14.0. The van der Waals surface area contributed by atoms with Gasteiger partial charge in [-0.25, -0.2) is 4.98 Å². The molecular weight excluding hydrogens is 349 g/mol. The molecule has 1 aromatic heterocycles. The van der Waals surface area contributed by atoms with Crippen LogP contribution in [0.5, 0.6) is 0 Å². The molecule has 1 N–H and O–H groups in total. The lowest BCUT2D eigenvalue weighted by Crippen LogP contribution is -2.11. The van der Waals surface area contributed by atoms with Crippen molar-refractivity contribution in [1.82, 2.24) is 4.98 Å². The standard InChI is InChI=1S/C18H15F3N2OS/c19-18(20,21)13-9-5-10-14-16(13)23-17(25-14)22-15(24)11-4-8-12-6-2-1-3-7-12/h1-3,5-7,9-10H,4,8,11H2,(H,22,23,24). The summed E-state index contributed by atoms with van der Waals surface area (Å²) in [6.45, 7) is 0. The number of carbonyl (C=O) groups is 1. The van der Waals surface area contributed by atoms with E-state index in [0.29, 0.717) is 11.1 Å². The molecule has 2 aromatic carbocycles. The van der Waals surface area contributed by atoms with Gasteiger partial charge >= 0.3 is 6.18 Å². The number of nitrogens with one attached hydrogen (secondary N) is 1. The monoisotopic (exact) mass is 364 g/mol. The lowest BCUT2D eigenvalue weighted by atomic mass is 10.1. The first-order valence-electron chi connectivity index (χ1n) is 7.74. The number of aryl methyl sites for hydroxylation is 1. The minimum Gasteiger partial charge on any atom is -0.302 e. The predicted molar refractivity (Wildman–Crippen MR) is 92.6 cm³/mol. The molecule has 0 aliphatic rings. The predicted octanol–water partition coefficient (Wildman–Crippen LogP) is 5.28. The van der Waals surface area contributed by atoms with Crippen molar-refractivity contribution in [2.75, 3.05) is 5.32 Å². The Morgan fingerprint density at radius 1 is 1.08 bits per heavy atom. The highest BCUT2D eigenvalue weighted by molar-refractivity contribution is 7.22. The van der Waals surface area contributed by atoms with E-state index < -0.39 is 11.7 Å². The number of anilines is 1. The van der Waals surface area contributed by atoms with E-state index in [4.69, 9.17) is 0 Å². The van der Waals surface area contributed by atoms with Crippen LogP contribution in [0.3, 0.4) is 0 Å². The van der Waals surface area contributed by atoms with Gasteiger partial charge in [-0.15, -0.1) is 0 Å². The first kappa shape index (κ1) is 17.4. The number of rotatable bonds is 5. The van der Waals surface area contributed by atoms with Crippen LogP contribution in [0.1, 0.15) is 24.0 Å². The average molecular weight is 364 g/mol. The van der Waals surface area contributed by atoms with E-state index in [1.165, 1.54) is 6.07 Å². The third kappa shape index (κ3) is 4.36. The molecule has 0 unspecified atom stereocenters. The number of aromatic nitrogens is 1. The Balaban J connectivity index is 1.63. The minimum absolute atomic E-state index is 0.125. The van der Waals surface area contributed by atoms with Crippen LogP contribution in [0.15, 0.2) is 48.5 Å². The van der Waals surface area contributed by atoms with E-state index >= 15 is 0 Å². The van der Waals surface area contributed by atoms with Crippen molar-refractivity contribution in [1.29, 1.82) is 0 Å². The van der Waals surface area contributed by atoms with E-state index in [0.717, 1.165) is 29.4 Å². The van der Waals surface area contributed by atoms with Crippen molar-refractivity contribution in [2.45, 2.75) is 25.4 Å². The zero-order chi connectivity index (χ0) is 17.9. The molecule has 3 rings (SSSR count). The number of fused-ring (bicyclic) bond motifs is 1. The number of thiazole rings is 1. The van der Waals surface area contributed by atoms with Crippen LogP contribution in [0.2, 0.25) is 0 Å². The second kappa shape index (κ2) is 7.23. The fourth-order valence-electron chi connectivity index (χ4n) is 2.51. The second-order valence-electron chi connectivity index (χ2n) is 5.56. The molecule has 1 amide bonds. The lowest BCUT2D eigenvalue weighted by Gasteiger charge is -2.06. The van der Waals surface area contributed by atoms with Crippen molar-refractivity contribution in [2.24, 2.45) is 0 Å². The quantitative estimate of drug-likeness (QED) is 0.669. The van der Waals surface area contributed by atoms with Crippen LogP contribution in [-0.4, -0.2) is 10.9 Å². The average Bonchev–Trinajstić information content (AvgIpc) is 2.96. The smallest absolute Gasteiger partial charge is 0.302 e. The molecule has 0 spiro atoms. The van der Waals surface area contributed by atoms with E-state index in [1.54, 1.807) is 6.07 Å². The third-order valence-corrected chi connectivity index (χ3v) is 4.62. The summed E-state index contributed by atoms with van der Waals surface area (Å²) >= 11 is 1.04. The highest BCUT2D eigenvalue weighted by Gasteiger charge is 2.33. The first-order valence-corrected chi connectivity index (χ1v) is 8.55. The zero-order valence-electron chi connectivity index (χ0n) is 13.1. The van der Waals surface area contributed by atoms with Crippen LogP contribution in [0, 0.1) is 0 Å². The van der Waals surface area contributed by atoms with Gasteiger partial charge < -0.3 is 5.32 Å². The van der Waals surface area contributed by atoms with Gasteiger partial charge in [0.15, 0.2) is 5.13 Å². The number of carbonyl (C=O) groups excluding carboxylic acids is 1. The van der Waals surface area contributed by atoms with Crippen LogP contribution >= 0.6 is 11.3 Å². The molecule has 0 bridgehead atoms. The van der Waals surface area contributed by atoms with Crippen LogP contribution in [0.25, 0.3) is 10.2 Å². The largest absolute Gasteiger partial charge is 0.418 e. The number of halogens is 3. The minimum atomic E-state index is -4.47. The maximum Gasteiger partial charge on any atom is 0.418 e. The molecule has 1 heterocycles. The fourth-order valence-corrected chi connectivity index (χ4v) is 3.42. The Morgan fingerprint density at radius 2 is 1.84 bits per heavy atom. The third-order valence-electron chi connectivity index (χ3n) is 3.68. The van der Waals surface area contributed by atoms with Gasteiger partial charge in [-0.05, 0) is 30.5 Å². The van der Waals surface area contributed by atoms with Crippen LogP contribution in [0.4, 0.5) is 18.3 Å². The summed E-state index contributed by atoms with van der Waals surface area (Å²) in [6.07, 6.45) is -2.75. The number of amides is 1. The molecule has 0 aliphatic heterocycles. The molecule has 0 radical (unpaired) electrons. The molecule has 0 fully saturated rings. The fraction of sp³-hybridized carbons (Fsp3) is 0.222. The summed E-state index contributed by atoms with van der Waals surface area (Å²) in [6, 6.07) is 13.7. The van der Waals surface area contributed by atoms with Gasteiger partial charge in [0.1, 0.15) is 0 Å². The van der Waals surface area contributed by atoms with Crippen molar-refractivity contribution < 1.29 is 18.0 Å². The Hall–Kier alpha value is -2.41. The molecular formula is C18H15F3N2OS. The summed E-state index contributed by atoms with van der Waals surface area (Å²) in [5.41, 5.74) is 0.232. The normalized spacial score (nSPS) is 11.6. The summed E-state index contributed by atoms with van der Waals surface area (Å²) in [5, 5.41) is 2.79. The van der Waals surface area contributed by atoms with Gasteiger partial charge in [-0.2, -0.15) is 13.2 Å². The molecule has 25 heavy (non-hydrogen) atoms. The highest BCUT2D eigenvalue weighted by atomic mass is 32.1. The number of alkyl halides is 3. The van der Waals surface area contributed by atoms with Crippen LogP contribution < -0.4 is 5.32 Å². The summed E-state index contributed by atoms with van der Waals surface area (Å²) in [4.78, 5) is 15.9. The highest BCUT2D eigenvalue weighted by Crippen LogP contribution is 2.37. The Bertz CT molecular complexity index is 875. The maximum absolute atomic E-state index is 13.0. The van der Waals surface area contributed by atoms with Crippen molar-refractivity contribution in [3.63, 3.8) is 0 Å². The topological polar surface area (TPSA) is 42.0 Å². The van der Waals surface area contributed by atoms with Gasteiger partial charge in [0.05, 0.1) is 15.8 Å². The van der Waals surface area contributed by atoms with Crippen molar-refractivity contribution in [3.05, 3.63) is 59.7 Å². The SMILES string of the molecule is O=C(CCCc1ccccc1)Nc1nc2c(C(F)(F)F)cccc2s1. The van der Waals surface area contributed by atoms with Crippen molar-refractivity contribution >= 4 is 32.6 Å². The molecule has 3 aromatic rings.